The minimum Gasteiger partial charge on any atom is -0.495 e. The van der Waals surface area contributed by atoms with Crippen LogP contribution in [0.4, 0.5) is 5.69 Å². The minimum atomic E-state index is -0.696. The summed E-state index contributed by atoms with van der Waals surface area (Å²) in [6.07, 6.45) is 2.08. The van der Waals surface area contributed by atoms with Crippen molar-refractivity contribution in [3.63, 3.8) is 0 Å². The Labute approximate surface area is 149 Å². The van der Waals surface area contributed by atoms with Gasteiger partial charge in [-0.25, -0.2) is 10.9 Å². The van der Waals surface area contributed by atoms with Crippen molar-refractivity contribution in [2.24, 2.45) is 5.92 Å². The number of ether oxygens (including phenoxy) is 1. The van der Waals surface area contributed by atoms with E-state index in [1.165, 1.54) is 0 Å². The zero-order chi connectivity index (χ0) is 17.7. The lowest BCUT2D eigenvalue weighted by Crippen LogP contribution is -2.76. The summed E-state index contributed by atoms with van der Waals surface area (Å²) in [5.74, 6) is 1.04. The molecule has 0 amide bonds. The number of methoxy groups -OCH3 is 1. The van der Waals surface area contributed by atoms with E-state index < -0.39 is 11.8 Å². The zero-order valence-electron chi connectivity index (χ0n) is 14.8. The molecule has 1 heterocycles. The van der Waals surface area contributed by atoms with Gasteiger partial charge in [-0.3, -0.25) is 5.32 Å². The van der Waals surface area contributed by atoms with Gasteiger partial charge in [-0.15, -0.1) is 0 Å². The summed E-state index contributed by atoms with van der Waals surface area (Å²) in [6.45, 7) is 6.36. The van der Waals surface area contributed by atoms with E-state index in [4.69, 9.17) is 16.3 Å². The number of hydrogen-bond acceptors (Lipinski definition) is 6. The van der Waals surface area contributed by atoms with E-state index in [2.05, 4.69) is 35.3 Å². The number of hydrazine groups is 1. The van der Waals surface area contributed by atoms with Gasteiger partial charge in [0.15, 0.2) is 0 Å². The molecule has 136 valence electrons. The van der Waals surface area contributed by atoms with E-state index in [1.54, 1.807) is 25.3 Å². The molecule has 1 aliphatic heterocycles. The Morgan fingerprint density at radius 3 is 2.75 bits per heavy atom. The van der Waals surface area contributed by atoms with Gasteiger partial charge >= 0.3 is 0 Å². The summed E-state index contributed by atoms with van der Waals surface area (Å²) in [5.41, 5.74) is 6.81. The molecule has 1 aliphatic rings. The molecule has 2 rings (SSSR count). The van der Waals surface area contributed by atoms with Gasteiger partial charge in [0.1, 0.15) is 18.3 Å². The fraction of sp³-hybridized carbons (Fsp3) is 0.647. The Hall–Kier alpha value is -1.05. The maximum Gasteiger partial charge on any atom is 0.147 e. The molecule has 0 radical (unpaired) electrons. The van der Waals surface area contributed by atoms with Crippen LogP contribution in [0.2, 0.25) is 5.02 Å². The third-order valence-electron chi connectivity index (χ3n) is 4.82. The lowest BCUT2D eigenvalue weighted by atomic mass is 9.79. The molecule has 4 unspecified atom stereocenters. The fourth-order valence-corrected chi connectivity index (χ4v) is 3.47. The highest BCUT2D eigenvalue weighted by molar-refractivity contribution is 6.30. The van der Waals surface area contributed by atoms with Crippen molar-refractivity contribution in [1.29, 1.82) is 0 Å². The Morgan fingerprint density at radius 1 is 1.42 bits per heavy atom. The van der Waals surface area contributed by atoms with Crippen LogP contribution in [0.1, 0.15) is 40.0 Å². The van der Waals surface area contributed by atoms with E-state index in [0.717, 1.165) is 24.9 Å². The van der Waals surface area contributed by atoms with Gasteiger partial charge in [-0.2, -0.15) is 0 Å². The minimum absolute atomic E-state index is 0.360. The second kappa shape index (κ2) is 8.36. The third-order valence-corrected chi connectivity index (χ3v) is 5.05. The summed E-state index contributed by atoms with van der Waals surface area (Å²) in [7, 11) is 1.61. The number of aliphatic hydroxyl groups excluding tert-OH is 1. The second-order valence-electron chi connectivity index (χ2n) is 6.44. The van der Waals surface area contributed by atoms with Crippen LogP contribution in [-0.2, 0) is 0 Å². The number of anilines is 1. The first-order valence-corrected chi connectivity index (χ1v) is 8.89. The van der Waals surface area contributed by atoms with Crippen LogP contribution in [0, 0.1) is 5.92 Å². The highest BCUT2D eigenvalue weighted by Crippen LogP contribution is 2.31. The molecule has 0 spiro atoms. The molecule has 24 heavy (non-hydrogen) atoms. The lowest BCUT2D eigenvalue weighted by molar-refractivity contribution is -0.0470. The van der Waals surface area contributed by atoms with Crippen molar-refractivity contribution < 1.29 is 9.84 Å². The second-order valence-corrected chi connectivity index (χ2v) is 6.87. The van der Waals surface area contributed by atoms with Crippen molar-refractivity contribution in [3.05, 3.63) is 23.2 Å². The standard InChI is InChI=1S/C17H29ClN4O2/c1-5-7-11(6-2)17(3)15(23)20-16(21-22-17)19-13-10-12(18)8-9-14(13)24-4/h8-11,15-16,19-23H,5-7H2,1-4H3. The van der Waals surface area contributed by atoms with Gasteiger partial charge in [-0.1, -0.05) is 38.3 Å². The third kappa shape index (κ3) is 4.13. The van der Waals surface area contributed by atoms with Crippen LogP contribution in [0.3, 0.4) is 0 Å². The van der Waals surface area contributed by atoms with Gasteiger partial charge in [0.2, 0.25) is 0 Å². The molecule has 6 nitrogen and oxygen atoms in total. The fourth-order valence-electron chi connectivity index (χ4n) is 3.30. The van der Waals surface area contributed by atoms with Crippen molar-refractivity contribution in [3.8, 4) is 5.75 Å². The molecular weight excluding hydrogens is 328 g/mol. The van der Waals surface area contributed by atoms with Gasteiger partial charge < -0.3 is 15.2 Å². The van der Waals surface area contributed by atoms with Crippen LogP contribution in [0.15, 0.2) is 18.2 Å². The zero-order valence-corrected chi connectivity index (χ0v) is 15.6. The first kappa shape index (κ1) is 19.3. The summed E-state index contributed by atoms with van der Waals surface area (Å²) in [6, 6.07) is 5.36. The molecular formula is C17H29ClN4O2. The molecule has 0 aliphatic carbocycles. The molecule has 1 aromatic carbocycles. The van der Waals surface area contributed by atoms with Crippen LogP contribution in [0.25, 0.3) is 0 Å². The average Bonchev–Trinajstić information content (AvgIpc) is 2.56. The Bertz CT molecular complexity index is 545. The predicted molar refractivity (Wildman–Crippen MR) is 97.9 cm³/mol. The highest BCUT2D eigenvalue weighted by Gasteiger charge is 2.43. The Balaban J connectivity index is 2.07. The molecule has 1 saturated heterocycles. The molecule has 0 saturated carbocycles. The monoisotopic (exact) mass is 356 g/mol. The summed E-state index contributed by atoms with van der Waals surface area (Å²) < 4.78 is 5.34. The first-order chi connectivity index (χ1) is 11.4. The van der Waals surface area contributed by atoms with Crippen LogP contribution >= 0.6 is 11.6 Å². The molecule has 1 aromatic rings. The molecule has 0 aromatic heterocycles. The van der Waals surface area contributed by atoms with E-state index in [1.807, 2.05) is 6.92 Å². The maximum absolute atomic E-state index is 10.7. The normalized spacial score (nSPS) is 28.4. The average molecular weight is 357 g/mol. The van der Waals surface area contributed by atoms with Crippen LogP contribution in [-0.4, -0.2) is 30.3 Å². The molecule has 7 heteroatoms. The first-order valence-electron chi connectivity index (χ1n) is 8.51. The van der Waals surface area contributed by atoms with E-state index in [-0.39, 0.29) is 6.29 Å². The molecule has 1 fully saturated rings. The largest absolute Gasteiger partial charge is 0.495 e. The Kier molecular flexibility index (Phi) is 6.71. The van der Waals surface area contributed by atoms with Crippen LogP contribution < -0.4 is 26.2 Å². The molecule has 5 N–H and O–H groups in total. The summed E-state index contributed by atoms with van der Waals surface area (Å²) in [4.78, 5) is 0. The smallest absolute Gasteiger partial charge is 0.147 e. The number of hydrogen-bond donors (Lipinski definition) is 5. The maximum atomic E-state index is 10.7. The lowest BCUT2D eigenvalue weighted by Gasteiger charge is -2.48. The number of benzene rings is 1. The van der Waals surface area contributed by atoms with Gasteiger partial charge in [0.05, 0.1) is 18.3 Å². The van der Waals surface area contributed by atoms with E-state index in [0.29, 0.717) is 16.7 Å². The quantitative estimate of drug-likeness (QED) is 0.517. The Morgan fingerprint density at radius 2 is 2.17 bits per heavy atom. The number of rotatable bonds is 7. The van der Waals surface area contributed by atoms with Gasteiger partial charge in [0, 0.05) is 5.02 Å². The van der Waals surface area contributed by atoms with Crippen LogP contribution in [0.5, 0.6) is 5.75 Å². The van der Waals surface area contributed by atoms with Crippen molar-refractivity contribution in [2.75, 3.05) is 12.4 Å². The summed E-state index contributed by atoms with van der Waals surface area (Å²) >= 11 is 6.06. The molecule has 4 atom stereocenters. The van der Waals surface area contributed by atoms with E-state index >= 15 is 0 Å². The number of aliphatic hydroxyl groups is 1. The van der Waals surface area contributed by atoms with Gasteiger partial charge in [-0.05, 0) is 37.5 Å². The van der Waals surface area contributed by atoms with E-state index in [9.17, 15) is 5.11 Å². The predicted octanol–water partition coefficient (Wildman–Crippen LogP) is 2.64. The molecule has 0 bridgehead atoms. The summed E-state index contributed by atoms with van der Waals surface area (Å²) in [5, 5.41) is 17.7. The highest BCUT2D eigenvalue weighted by atomic mass is 35.5. The van der Waals surface area contributed by atoms with Crippen molar-refractivity contribution in [1.82, 2.24) is 16.2 Å². The van der Waals surface area contributed by atoms with Crippen molar-refractivity contribution in [2.45, 2.75) is 58.1 Å². The topological polar surface area (TPSA) is 77.6 Å². The van der Waals surface area contributed by atoms with Crippen molar-refractivity contribution >= 4 is 17.3 Å². The number of nitrogens with one attached hydrogen (secondary N) is 4. The number of halogens is 1. The SMILES string of the molecule is CCCC(CC)C1(C)NNC(Nc2cc(Cl)ccc2OC)NC1O. The van der Waals surface area contributed by atoms with Gasteiger partial charge in [0.25, 0.3) is 0 Å².